The number of unbranched alkanes of at least 4 members (excludes halogenated alkanes) is 1. The molecule has 0 fully saturated rings. The molecular weight excluding hydrogens is 220 g/mol. The lowest BCUT2D eigenvalue weighted by atomic mass is 10.3. The zero-order chi connectivity index (χ0) is 11.8. The molecule has 2 N–H and O–H groups in total. The summed E-state index contributed by atoms with van der Waals surface area (Å²) in [6, 6.07) is 2.01. The van der Waals surface area contributed by atoms with Crippen molar-refractivity contribution in [2.75, 3.05) is 6.54 Å². The Hall–Kier alpha value is -1.10. The summed E-state index contributed by atoms with van der Waals surface area (Å²) < 4.78 is 1.91. The summed E-state index contributed by atoms with van der Waals surface area (Å²) in [4.78, 5) is 0. The van der Waals surface area contributed by atoms with Gasteiger partial charge in [0.05, 0.1) is 12.2 Å². The van der Waals surface area contributed by atoms with Crippen LogP contribution in [0, 0.1) is 0 Å². The van der Waals surface area contributed by atoms with Gasteiger partial charge in [0, 0.05) is 19.3 Å². The van der Waals surface area contributed by atoms with Crippen molar-refractivity contribution in [3.05, 3.63) is 18.0 Å². The summed E-state index contributed by atoms with van der Waals surface area (Å²) in [5, 5.41) is 11.4. The second kappa shape index (κ2) is 7.22. The minimum Gasteiger partial charge on any atom is -0.363 e. The van der Waals surface area contributed by atoms with Crippen molar-refractivity contribution in [2.24, 2.45) is 0 Å². The fraction of sp³-hybridized carbons (Fsp3) is 0.636. The Balaban J connectivity index is 2.20. The molecular formula is C11H20N4S. The Morgan fingerprint density at radius 1 is 1.44 bits per heavy atom. The molecule has 0 unspecified atom stereocenters. The first-order chi connectivity index (χ1) is 7.76. The van der Waals surface area contributed by atoms with E-state index in [-0.39, 0.29) is 0 Å². The predicted octanol–water partition coefficient (Wildman–Crippen LogP) is 1.67. The Morgan fingerprint density at radius 3 is 2.88 bits per heavy atom. The monoisotopic (exact) mass is 240 g/mol. The average Bonchev–Trinajstić information content (AvgIpc) is 2.74. The smallest absolute Gasteiger partial charge is 0.166 e. The van der Waals surface area contributed by atoms with Gasteiger partial charge in [-0.3, -0.25) is 4.68 Å². The number of nitrogens with one attached hydrogen (secondary N) is 2. The fourth-order valence-corrected chi connectivity index (χ4v) is 1.46. The summed E-state index contributed by atoms with van der Waals surface area (Å²) in [6.07, 6.45) is 4.30. The number of thiocarbonyl (C=S) groups is 1. The molecule has 1 rings (SSSR count). The molecule has 0 aliphatic carbocycles. The van der Waals surface area contributed by atoms with Crippen LogP contribution >= 0.6 is 12.2 Å². The van der Waals surface area contributed by atoms with E-state index < -0.39 is 0 Å². The molecule has 16 heavy (non-hydrogen) atoms. The molecule has 1 aromatic rings. The zero-order valence-corrected chi connectivity index (χ0v) is 10.8. The zero-order valence-electron chi connectivity index (χ0n) is 9.99. The number of hydrogen-bond donors (Lipinski definition) is 2. The highest BCUT2D eigenvalue weighted by Gasteiger charge is 1.99. The molecule has 0 aromatic carbocycles. The van der Waals surface area contributed by atoms with Crippen LogP contribution in [0.1, 0.15) is 32.4 Å². The van der Waals surface area contributed by atoms with E-state index in [2.05, 4.69) is 29.6 Å². The quantitative estimate of drug-likeness (QED) is 0.586. The standard InChI is InChI=1S/C11H20N4S/c1-3-5-7-12-11(16)13-9-10-6-8-15(4-2)14-10/h6,8H,3-5,7,9H2,1-2H3,(H2,12,13,16). The Kier molecular flexibility index (Phi) is 5.85. The Bertz CT molecular complexity index is 322. The third-order valence-corrected chi connectivity index (χ3v) is 2.55. The van der Waals surface area contributed by atoms with Gasteiger partial charge in [0.1, 0.15) is 0 Å². The first-order valence-electron chi connectivity index (χ1n) is 5.80. The fourth-order valence-electron chi connectivity index (χ4n) is 1.29. The van der Waals surface area contributed by atoms with E-state index >= 15 is 0 Å². The normalized spacial score (nSPS) is 10.1. The summed E-state index contributed by atoms with van der Waals surface area (Å²) >= 11 is 5.14. The molecule has 90 valence electrons. The van der Waals surface area contributed by atoms with Crippen LogP contribution in [-0.4, -0.2) is 21.4 Å². The molecule has 0 aliphatic heterocycles. The number of aryl methyl sites for hydroxylation is 1. The molecule has 4 nitrogen and oxygen atoms in total. The highest BCUT2D eigenvalue weighted by molar-refractivity contribution is 7.80. The maximum atomic E-state index is 5.14. The Morgan fingerprint density at radius 2 is 2.25 bits per heavy atom. The van der Waals surface area contributed by atoms with Crippen molar-refractivity contribution in [2.45, 2.75) is 39.8 Å². The first-order valence-corrected chi connectivity index (χ1v) is 6.21. The van der Waals surface area contributed by atoms with Gasteiger partial charge in [0.2, 0.25) is 0 Å². The van der Waals surface area contributed by atoms with Gasteiger partial charge in [0.15, 0.2) is 5.11 Å². The van der Waals surface area contributed by atoms with Crippen molar-refractivity contribution < 1.29 is 0 Å². The van der Waals surface area contributed by atoms with Gasteiger partial charge in [-0.2, -0.15) is 5.10 Å². The third-order valence-electron chi connectivity index (χ3n) is 2.27. The molecule has 0 atom stereocenters. The lowest BCUT2D eigenvalue weighted by Crippen LogP contribution is -2.35. The van der Waals surface area contributed by atoms with Crippen molar-refractivity contribution >= 4 is 17.3 Å². The van der Waals surface area contributed by atoms with E-state index in [4.69, 9.17) is 12.2 Å². The number of aromatic nitrogens is 2. The number of rotatable bonds is 6. The number of nitrogens with zero attached hydrogens (tertiary/aromatic N) is 2. The van der Waals surface area contributed by atoms with Gasteiger partial charge in [-0.25, -0.2) is 0 Å². The van der Waals surface area contributed by atoms with Crippen LogP contribution in [0.3, 0.4) is 0 Å². The Labute approximate surface area is 102 Å². The van der Waals surface area contributed by atoms with Crippen LogP contribution < -0.4 is 10.6 Å². The van der Waals surface area contributed by atoms with Gasteiger partial charge in [-0.05, 0) is 31.6 Å². The molecule has 5 heteroatoms. The maximum Gasteiger partial charge on any atom is 0.166 e. The summed E-state index contributed by atoms with van der Waals surface area (Å²) in [7, 11) is 0. The molecule has 0 aliphatic rings. The van der Waals surface area contributed by atoms with Crippen molar-refractivity contribution in [1.82, 2.24) is 20.4 Å². The maximum absolute atomic E-state index is 5.14. The van der Waals surface area contributed by atoms with Gasteiger partial charge >= 0.3 is 0 Å². The average molecular weight is 240 g/mol. The summed E-state index contributed by atoms with van der Waals surface area (Å²) in [5.74, 6) is 0. The second-order valence-electron chi connectivity index (χ2n) is 3.63. The minimum absolute atomic E-state index is 0.685. The first kappa shape index (κ1) is 13.0. The van der Waals surface area contributed by atoms with Crippen LogP contribution in [-0.2, 0) is 13.1 Å². The van der Waals surface area contributed by atoms with E-state index in [1.165, 1.54) is 6.42 Å². The van der Waals surface area contributed by atoms with E-state index in [0.717, 1.165) is 25.2 Å². The molecule has 0 radical (unpaired) electrons. The van der Waals surface area contributed by atoms with Gasteiger partial charge in [-0.15, -0.1) is 0 Å². The van der Waals surface area contributed by atoms with Crippen LogP contribution in [0.15, 0.2) is 12.3 Å². The van der Waals surface area contributed by atoms with E-state index in [1.54, 1.807) is 0 Å². The SMILES string of the molecule is CCCCNC(=S)NCc1ccn(CC)n1. The van der Waals surface area contributed by atoms with E-state index in [0.29, 0.717) is 11.7 Å². The highest BCUT2D eigenvalue weighted by atomic mass is 32.1. The van der Waals surface area contributed by atoms with E-state index in [1.807, 2.05) is 16.9 Å². The number of hydrogen-bond acceptors (Lipinski definition) is 2. The molecule has 0 saturated heterocycles. The lowest BCUT2D eigenvalue weighted by molar-refractivity contribution is 0.641. The minimum atomic E-state index is 0.685. The molecule has 0 spiro atoms. The van der Waals surface area contributed by atoms with Crippen LogP contribution in [0.4, 0.5) is 0 Å². The van der Waals surface area contributed by atoms with Gasteiger partial charge < -0.3 is 10.6 Å². The van der Waals surface area contributed by atoms with Crippen molar-refractivity contribution in [1.29, 1.82) is 0 Å². The van der Waals surface area contributed by atoms with Crippen LogP contribution in [0.2, 0.25) is 0 Å². The molecule has 0 amide bonds. The van der Waals surface area contributed by atoms with Crippen LogP contribution in [0.25, 0.3) is 0 Å². The van der Waals surface area contributed by atoms with Crippen molar-refractivity contribution in [3.8, 4) is 0 Å². The summed E-state index contributed by atoms with van der Waals surface area (Å²) in [6.45, 7) is 6.76. The van der Waals surface area contributed by atoms with Gasteiger partial charge in [-0.1, -0.05) is 13.3 Å². The third kappa shape index (κ3) is 4.61. The highest BCUT2D eigenvalue weighted by Crippen LogP contribution is 1.94. The van der Waals surface area contributed by atoms with Crippen molar-refractivity contribution in [3.63, 3.8) is 0 Å². The van der Waals surface area contributed by atoms with Gasteiger partial charge in [0.25, 0.3) is 0 Å². The molecule has 0 bridgehead atoms. The summed E-state index contributed by atoms with van der Waals surface area (Å²) in [5.41, 5.74) is 1.02. The van der Waals surface area contributed by atoms with E-state index in [9.17, 15) is 0 Å². The second-order valence-corrected chi connectivity index (χ2v) is 4.03. The molecule has 1 heterocycles. The molecule has 1 aromatic heterocycles. The predicted molar refractivity (Wildman–Crippen MR) is 70.2 cm³/mol. The lowest BCUT2D eigenvalue weighted by Gasteiger charge is -2.08. The van der Waals surface area contributed by atoms with Crippen LogP contribution in [0.5, 0.6) is 0 Å². The topological polar surface area (TPSA) is 41.9 Å². The molecule has 0 saturated carbocycles. The largest absolute Gasteiger partial charge is 0.363 e.